The summed E-state index contributed by atoms with van der Waals surface area (Å²) in [5.41, 5.74) is 2.67. The van der Waals surface area contributed by atoms with Crippen molar-refractivity contribution in [2.24, 2.45) is 0 Å². The molecule has 0 amide bonds. The number of hydrogen-bond donors (Lipinski definition) is 4. The van der Waals surface area contributed by atoms with Crippen molar-refractivity contribution < 1.29 is 34.6 Å². The number of nitrogens with zero attached hydrogens (tertiary/aromatic N) is 1. The van der Waals surface area contributed by atoms with E-state index in [-0.39, 0.29) is 6.10 Å². The molecule has 2 saturated heterocycles. The van der Waals surface area contributed by atoms with Crippen LogP contribution in [0.25, 0.3) is 10.9 Å². The Morgan fingerprint density at radius 1 is 0.971 bits per heavy atom. The van der Waals surface area contributed by atoms with Crippen molar-refractivity contribution in [3.05, 3.63) is 64.8 Å². The van der Waals surface area contributed by atoms with E-state index in [0.29, 0.717) is 17.0 Å². The normalized spacial score (nSPS) is 27.9. The minimum absolute atomic E-state index is 0.174. The van der Waals surface area contributed by atoms with E-state index in [2.05, 4.69) is 0 Å². The monoisotopic (exact) mass is 503 g/mol. The van der Waals surface area contributed by atoms with E-state index >= 15 is 0 Å². The summed E-state index contributed by atoms with van der Waals surface area (Å²) in [6.45, 7) is 0.956. The topological polar surface area (TPSA) is 114 Å². The van der Waals surface area contributed by atoms with E-state index < -0.39 is 37.3 Å². The molecule has 0 bridgehead atoms. The molecule has 0 saturated carbocycles. The van der Waals surface area contributed by atoms with Crippen LogP contribution < -0.4 is 4.74 Å². The van der Waals surface area contributed by atoms with Crippen molar-refractivity contribution >= 4 is 22.5 Å². The predicted octanol–water partition coefficient (Wildman–Crippen LogP) is 2.42. The lowest BCUT2D eigenvalue weighted by atomic mass is 9.98. The fraction of sp³-hybridized carbons (Fsp3) is 0.462. The molecule has 8 nitrogen and oxygen atoms in total. The Balaban J connectivity index is 1.42. The molecule has 0 aliphatic carbocycles. The number of ether oxygens (including phenoxy) is 3. The first-order valence-electron chi connectivity index (χ1n) is 11.9. The molecule has 3 heterocycles. The van der Waals surface area contributed by atoms with Crippen molar-refractivity contribution in [2.75, 3.05) is 19.8 Å². The number of rotatable bonds is 6. The molecule has 2 aliphatic heterocycles. The first kappa shape index (κ1) is 24.5. The lowest BCUT2D eigenvalue weighted by molar-refractivity contribution is -0.250. The zero-order valence-corrected chi connectivity index (χ0v) is 19.9. The summed E-state index contributed by atoms with van der Waals surface area (Å²) in [5, 5.41) is 42.1. The highest BCUT2D eigenvalue weighted by atomic mass is 35.5. The van der Waals surface area contributed by atoms with Crippen LogP contribution in [0, 0.1) is 0 Å². The standard InChI is InChI=1S/C26H30ClNO7/c27-20-3-1-2-19-16(12-15-4-6-17(7-5-15)34-18-8-10-33-11-9-18)13-28(22(19)20)26-25(32)24(31)23(30)21(14-29)35-26/h1-7,13,18,21,23-26,29-32H,8-12,14H2/t21-,23-,24+,25-,26-/m1/s1. The number of aliphatic hydroxyl groups is 4. The van der Waals surface area contributed by atoms with Gasteiger partial charge in [-0.05, 0) is 35.7 Å². The summed E-state index contributed by atoms with van der Waals surface area (Å²) in [7, 11) is 0. The average Bonchev–Trinajstić information content (AvgIpc) is 3.24. The van der Waals surface area contributed by atoms with E-state index in [4.69, 9.17) is 25.8 Å². The fourth-order valence-corrected chi connectivity index (χ4v) is 5.16. The zero-order valence-electron chi connectivity index (χ0n) is 19.2. The summed E-state index contributed by atoms with van der Waals surface area (Å²) >= 11 is 6.55. The first-order chi connectivity index (χ1) is 17.0. The second kappa shape index (κ2) is 10.4. The summed E-state index contributed by atoms with van der Waals surface area (Å²) in [4.78, 5) is 0. The van der Waals surface area contributed by atoms with E-state index in [1.807, 2.05) is 42.6 Å². The van der Waals surface area contributed by atoms with Crippen molar-refractivity contribution in [1.29, 1.82) is 0 Å². The summed E-state index contributed by atoms with van der Waals surface area (Å²) in [6, 6.07) is 13.5. The van der Waals surface area contributed by atoms with Gasteiger partial charge in [0.1, 0.15) is 36.3 Å². The average molecular weight is 504 g/mol. The SMILES string of the molecule is OC[C@H]1O[C@@H](n2cc(Cc3ccc(OC4CCOCC4)cc3)c3cccc(Cl)c32)[C@H](O)[C@@H](O)[C@@H]1O. The quantitative estimate of drug-likeness (QED) is 0.408. The molecule has 2 fully saturated rings. The van der Waals surface area contributed by atoms with Gasteiger partial charge in [-0.2, -0.15) is 0 Å². The maximum Gasteiger partial charge on any atom is 0.163 e. The molecule has 0 spiro atoms. The number of fused-ring (bicyclic) bond motifs is 1. The van der Waals surface area contributed by atoms with Gasteiger partial charge in [-0.15, -0.1) is 0 Å². The Labute approximate surface area is 208 Å². The van der Waals surface area contributed by atoms with Crippen LogP contribution >= 0.6 is 11.6 Å². The Kier molecular flexibility index (Phi) is 7.31. The van der Waals surface area contributed by atoms with Gasteiger partial charge in [0.2, 0.25) is 0 Å². The van der Waals surface area contributed by atoms with Crippen LogP contribution in [-0.4, -0.2) is 75.3 Å². The summed E-state index contributed by atoms with van der Waals surface area (Å²) in [6.07, 6.45) is -1.96. The number of hydrogen-bond acceptors (Lipinski definition) is 7. The second-order valence-electron chi connectivity index (χ2n) is 9.17. The fourth-order valence-electron chi connectivity index (χ4n) is 4.88. The highest BCUT2D eigenvalue weighted by Crippen LogP contribution is 2.36. The van der Waals surface area contributed by atoms with Crippen LogP contribution in [0.5, 0.6) is 5.75 Å². The number of benzene rings is 2. The molecule has 4 N–H and O–H groups in total. The maximum absolute atomic E-state index is 10.7. The molecule has 2 aromatic carbocycles. The highest BCUT2D eigenvalue weighted by Gasteiger charge is 2.44. The minimum Gasteiger partial charge on any atom is -0.490 e. The van der Waals surface area contributed by atoms with Crippen molar-refractivity contribution in [1.82, 2.24) is 4.57 Å². The van der Waals surface area contributed by atoms with Crippen molar-refractivity contribution in [3.8, 4) is 5.75 Å². The lowest BCUT2D eigenvalue weighted by Crippen LogP contribution is -2.56. The van der Waals surface area contributed by atoms with E-state index in [0.717, 1.165) is 48.3 Å². The third-order valence-electron chi connectivity index (χ3n) is 6.82. The van der Waals surface area contributed by atoms with Crippen LogP contribution in [0.1, 0.15) is 30.2 Å². The van der Waals surface area contributed by atoms with Crippen LogP contribution in [0.4, 0.5) is 0 Å². The molecule has 35 heavy (non-hydrogen) atoms. The van der Waals surface area contributed by atoms with Crippen LogP contribution in [0.15, 0.2) is 48.7 Å². The van der Waals surface area contributed by atoms with Gasteiger partial charge >= 0.3 is 0 Å². The molecule has 0 radical (unpaired) electrons. The molecule has 5 atom stereocenters. The Bertz CT molecular complexity index is 1140. The largest absolute Gasteiger partial charge is 0.490 e. The molecule has 9 heteroatoms. The van der Waals surface area contributed by atoms with Crippen LogP contribution in [-0.2, 0) is 15.9 Å². The minimum atomic E-state index is -1.47. The summed E-state index contributed by atoms with van der Waals surface area (Å²) < 4.78 is 18.9. The van der Waals surface area contributed by atoms with E-state index in [1.54, 1.807) is 10.6 Å². The summed E-state index contributed by atoms with van der Waals surface area (Å²) in [5.74, 6) is 0.826. The Morgan fingerprint density at radius 3 is 2.43 bits per heavy atom. The smallest absolute Gasteiger partial charge is 0.163 e. The first-order valence-corrected chi connectivity index (χ1v) is 12.3. The molecule has 2 aliphatic rings. The third kappa shape index (κ3) is 4.93. The number of para-hydroxylation sites is 1. The van der Waals surface area contributed by atoms with Gasteiger partial charge in [-0.1, -0.05) is 35.9 Å². The predicted molar refractivity (Wildman–Crippen MR) is 130 cm³/mol. The van der Waals surface area contributed by atoms with Gasteiger partial charge in [-0.25, -0.2) is 0 Å². The number of aliphatic hydroxyl groups excluding tert-OH is 4. The zero-order chi connectivity index (χ0) is 24.5. The van der Waals surface area contributed by atoms with Crippen molar-refractivity contribution in [3.63, 3.8) is 0 Å². The molecular formula is C26H30ClNO7. The van der Waals surface area contributed by atoms with Gasteiger partial charge in [0.25, 0.3) is 0 Å². The van der Waals surface area contributed by atoms with Gasteiger partial charge in [0.05, 0.1) is 30.4 Å². The van der Waals surface area contributed by atoms with Crippen molar-refractivity contribution in [2.45, 2.75) is 56.0 Å². The van der Waals surface area contributed by atoms with Gasteiger partial charge in [0, 0.05) is 24.4 Å². The molecule has 1 aromatic heterocycles. The van der Waals surface area contributed by atoms with E-state index in [1.165, 1.54) is 0 Å². The Morgan fingerprint density at radius 2 is 1.71 bits per heavy atom. The van der Waals surface area contributed by atoms with Gasteiger partial charge in [0.15, 0.2) is 6.23 Å². The van der Waals surface area contributed by atoms with Crippen LogP contribution in [0.2, 0.25) is 5.02 Å². The lowest BCUT2D eigenvalue weighted by Gasteiger charge is -2.40. The third-order valence-corrected chi connectivity index (χ3v) is 7.12. The maximum atomic E-state index is 10.7. The van der Waals surface area contributed by atoms with Gasteiger partial charge in [-0.3, -0.25) is 0 Å². The molecule has 188 valence electrons. The highest BCUT2D eigenvalue weighted by molar-refractivity contribution is 6.35. The van der Waals surface area contributed by atoms with Crippen LogP contribution in [0.3, 0.4) is 0 Å². The van der Waals surface area contributed by atoms with E-state index in [9.17, 15) is 20.4 Å². The van der Waals surface area contributed by atoms with Gasteiger partial charge < -0.3 is 39.2 Å². The molecule has 5 rings (SSSR count). The molecular weight excluding hydrogens is 474 g/mol. The Hall–Kier alpha value is -2.17. The number of aromatic nitrogens is 1. The number of halogens is 1. The second-order valence-corrected chi connectivity index (χ2v) is 9.57. The molecule has 3 aromatic rings. The molecule has 0 unspecified atom stereocenters.